The van der Waals surface area contributed by atoms with Gasteiger partial charge in [0.05, 0.1) is 29.2 Å². The van der Waals surface area contributed by atoms with E-state index in [-0.39, 0.29) is 18.0 Å². The van der Waals surface area contributed by atoms with Crippen molar-refractivity contribution in [2.24, 2.45) is 5.92 Å². The summed E-state index contributed by atoms with van der Waals surface area (Å²) in [5.74, 6) is -2.46. The molecule has 0 radical (unpaired) electrons. The molecule has 1 aromatic carbocycles. The summed E-state index contributed by atoms with van der Waals surface area (Å²) in [6, 6.07) is 6.74. The van der Waals surface area contributed by atoms with Gasteiger partial charge in [0.15, 0.2) is 0 Å². The van der Waals surface area contributed by atoms with Gasteiger partial charge in [-0.3, -0.25) is 9.59 Å². The first-order chi connectivity index (χ1) is 16.4. The summed E-state index contributed by atoms with van der Waals surface area (Å²) in [4.78, 5) is 26.4. The number of anilines is 1. The van der Waals surface area contributed by atoms with Crippen LogP contribution in [0.15, 0.2) is 42.7 Å². The average Bonchev–Trinajstić information content (AvgIpc) is 3.47. The number of nitrogens with zero attached hydrogens (tertiary/aromatic N) is 3. The number of aromatic nitrogens is 2. The van der Waals surface area contributed by atoms with Crippen molar-refractivity contribution in [3.63, 3.8) is 0 Å². The van der Waals surface area contributed by atoms with Gasteiger partial charge in [0, 0.05) is 30.0 Å². The fourth-order valence-electron chi connectivity index (χ4n) is 5.30. The van der Waals surface area contributed by atoms with Crippen LogP contribution in [0.25, 0.3) is 5.52 Å². The van der Waals surface area contributed by atoms with E-state index in [2.05, 4.69) is 10.4 Å². The highest BCUT2D eigenvalue weighted by molar-refractivity contribution is 6.01. The first kappa shape index (κ1) is 22.3. The standard InChI is InChI=1S/C25H26F2N4O3/c26-16-6-7-21(27)19(12-16)22-5-2-9-30(22)18-8-10-31-23(13-18)20(14-28-31)24(32)29-17-4-1-3-15(11-17)25(33)34/h6-8,10,12-15,17,22H,1-5,9,11H2,(H,29,32)(H,33,34). The molecule has 3 unspecified atom stereocenters. The fraction of sp³-hybridized carbons (Fsp3) is 0.400. The highest BCUT2D eigenvalue weighted by Gasteiger charge is 2.31. The highest BCUT2D eigenvalue weighted by atomic mass is 19.1. The molecule has 3 heterocycles. The fourth-order valence-corrected chi connectivity index (χ4v) is 5.30. The molecule has 5 rings (SSSR count). The van der Waals surface area contributed by atoms with Gasteiger partial charge in [-0.25, -0.2) is 13.3 Å². The maximum atomic E-state index is 14.5. The van der Waals surface area contributed by atoms with Crippen LogP contribution in [0.4, 0.5) is 14.5 Å². The number of carbonyl (C=O) groups excluding carboxylic acids is 1. The third-order valence-corrected chi connectivity index (χ3v) is 7.01. The number of amides is 1. The summed E-state index contributed by atoms with van der Waals surface area (Å²) in [6.07, 6.45) is 7.34. The van der Waals surface area contributed by atoms with Gasteiger partial charge in [-0.05, 0) is 62.4 Å². The van der Waals surface area contributed by atoms with Crippen molar-refractivity contribution in [1.82, 2.24) is 14.9 Å². The Morgan fingerprint density at radius 1 is 1.09 bits per heavy atom. The van der Waals surface area contributed by atoms with E-state index >= 15 is 0 Å². The highest BCUT2D eigenvalue weighted by Crippen LogP contribution is 2.38. The van der Waals surface area contributed by atoms with Gasteiger partial charge in [0.2, 0.25) is 0 Å². The van der Waals surface area contributed by atoms with Crippen molar-refractivity contribution in [2.45, 2.75) is 50.6 Å². The van der Waals surface area contributed by atoms with Crippen LogP contribution in [0.1, 0.15) is 60.5 Å². The minimum absolute atomic E-state index is 0.195. The lowest BCUT2D eigenvalue weighted by molar-refractivity contribution is -0.143. The quantitative estimate of drug-likeness (QED) is 0.582. The Hall–Kier alpha value is -3.49. The molecule has 2 aromatic heterocycles. The number of benzene rings is 1. The predicted molar refractivity (Wildman–Crippen MR) is 122 cm³/mol. The van der Waals surface area contributed by atoms with Crippen LogP contribution in [-0.2, 0) is 4.79 Å². The van der Waals surface area contributed by atoms with E-state index < -0.39 is 23.5 Å². The zero-order valence-electron chi connectivity index (χ0n) is 18.6. The van der Waals surface area contributed by atoms with Gasteiger partial charge in [-0.1, -0.05) is 6.42 Å². The first-order valence-corrected chi connectivity index (χ1v) is 11.6. The number of fused-ring (bicyclic) bond motifs is 1. The van der Waals surface area contributed by atoms with E-state index in [1.807, 2.05) is 17.0 Å². The molecule has 3 atom stereocenters. The van der Waals surface area contributed by atoms with Crippen LogP contribution in [0.5, 0.6) is 0 Å². The molecular weight excluding hydrogens is 442 g/mol. The summed E-state index contributed by atoms with van der Waals surface area (Å²) in [5, 5.41) is 16.6. The van der Waals surface area contributed by atoms with Crippen molar-refractivity contribution < 1.29 is 23.5 Å². The van der Waals surface area contributed by atoms with Gasteiger partial charge in [0.1, 0.15) is 11.6 Å². The second kappa shape index (κ2) is 9.04. The van der Waals surface area contributed by atoms with Crippen LogP contribution in [0.3, 0.4) is 0 Å². The molecule has 34 heavy (non-hydrogen) atoms. The molecule has 2 aliphatic rings. The number of carbonyl (C=O) groups is 2. The monoisotopic (exact) mass is 468 g/mol. The molecule has 1 aliphatic carbocycles. The first-order valence-electron chi connectivity index (χ1n) is 11.6. The number of carboxylic acid groups (broad SMARTS) is 1. The number of hydrogen-bond acceptors (Lipinski definition) is 4. The van der Waals surface area contributed by atoms with Crippen molar-refractivity contribution in [1.29, 1.82) is 0 Å². The van der Waals surface area contributed by atoms with Gasteiger partial charge >= 0.3 is 5.97 Å². The van der Waals surface area contributed by atoms with Crippen molar-refractivity contribution >= 4 is 23.1 Å². The molecule has 3 aromatic rings. The molecular formula is C25H26F2N4O3. The lowest BCUT2D eigenvalue weighted by Gasteiger charge is -2.28. The Bertz CT molecular complexity index is 1240. The molecule has 1 saturated carbocycles. The molecule has 178 valence electrons. The lowest BCUT2D eigenvalue weighted by atomic mass is 9.85. The second-order valence-electron chi connectivity index (χ2n) is 9.16. The molecule has 2 N–H and O–H groups in total. The molecule has 2 fully saturated rings. The van der Waals surface area contributed by atoms with Crippen LogP contribution in [0.2, 0.25) is 0 Å². The van der Waals surface area contributed by atoms with E-state index in [1.54, 1.807) is 10.7 Å². The second-order valence-corrected chi connectivity index (χ2v) is 9.16. The Labute approximate surface area is 195 Å². The lowest BCUT2D eigenvalue weighted by Crippen LogP contribution is -2.39. The summed E-state index contributed by atoms with van der Waals surface area (Å²) in [7, 11) is 0. The van der Waals surface area contributed by atoms with Crippen LogP contribution in [0, 0.1) is 17.6 Å². The van der Waals surface area contributed by atoms with Gasteiger partial charge in [-0.2, -0.15) is 5.10 Å². The van der Waals surface area contributed by atoms with E-state index in [0.29, 0.717) is 42.5 Å². The molecule has 9 heteroatoms. The Morgan fingerprint density at radius 2 is 1.94 bits per heavy atom. The van der Waals surface area contributed by atoms with E-state index in [4.69, 9.17) is 0 Å². The Balaban J connectivity index is 1.40. The molecule has 1 amide bonds. The van der Waals surface area contributed by atoms with Gasteiger partial charge < -0.3 is 15.3 Å². The summed E-state index contributed by atoms with van der Waals surface area (Å²) in [6.45, 7) is 0.686. The van der Waals surface area contributed by atoms with Crippen LogP contribution >= 0.6 is 0 Å². The predicted octanol–water partition coefficient (Wildman–Crippen LogP) is 4.33. The largest absolute Gasteiger partial charge is 0.481 e. The summed E-state index contributed by atoms with van der Waals surface area (Å²) < 4.78 is 29.9. The van der Waals surface area contributed by atoms with E-state index in [1.165, 1.54) is 12.3 Å². The number of pyridine rings is 1. The topological polar surface area (TPSA) is 86.9 Å². The molecule has 1 saturated heterocycles. The van der Waals surface area contributed by atoms with E-state index in [0.717, 1.165) is 37.1 Å². The average molecular weight is 469 g/mol. The Morgan fingerprint density at radius 3 is 2.76 bits per heavy atom. The molecule has 7 nitrogen and oxygen atoms in total. The molecule has 1 aliphatic heterocycles. The van der Waals surface area contributed by atoms with Crippen molar-refractivity contribution in [3.8, 4) is 0 Å². The van der Waals surface area contributed by atoms with Gasteiger partial charge in [-0.15, -0.1) is 0 Å². The number of nitrogens with one attached hydrogen (secondary N) is 1. The van der Waals surface area contributed by atoms with Crippen LogP contribution in [-0.4, -0.2) is 39.2 Å². The number of rotatable bonds is 5. The smallest absolute Gasteiger partial charge is 0.306 e. The third kappa shape index (κ3) is 4.22. The van der Waals surface area contributed by atoms with E-state index in [9.17, 15) is 23.5 Å². The number of carboxylic acids is 1. The van der Waals surface area contributed by atoms with Gasteiger partial charge in [0.25, 0.3) is 5.91 Å². The summed E-state index contributed by atoms with van der Waals surface area (Å²) in [5.41, 5.74) is 2.13. The zero-order chi connectivity index (χ0) is 23.8. The van der Waals surface area contributed by atoms with Crippen LogP contribution < -0.4 is 10.2 Å². The normalized spacial score (nSPS) is 22.8. The number of halogens is 2. The van der Waals surface area contributed by atoms with Crippen molar-refractivity contribution in [3.05, 3.63) is 65.5 Å². The SMILES string of the molecule is O=C(NC1CCCC(C(=O)O)C1)c1cnn2ccc(N3CCCC3c3cc(F)ccc3F)cc12. The van der Waals surface area contributed by atoms with Crippen molar-refractivity contribution in [2.75, 3.05) is 11.4 Å². The third-order valence-electron chi connectivity index (χ3n) is 7.01. The minimum Gasteiger partial charge on any atom is -0.481 e. The molecule has 0 spiro atoms. The maximum Gasteiger partial charge on any atom is 0.306 e. The minimum atomic E-state index is -0.825. The zero-order valence-corrected chi connectivity index (χ0v) is 18.6. The Kier molecular flexibility index (Phi) is 5.93. The number of aliphatic carboxylic acids is 1. The molecule has 0 bridgehead atoms. The maximum absolute atomic E-state index is 14.5. The summed E-state index contributed by atoms with van der Waals surface area (Å²) >= 11 is 0. The number of hydrogen-bond donors (Lipinski definition) is 2.